The number of rotatable bonds is 3. The summed E-state index contributed by atoms with van der Waals surface area (Å²) in [5.74, 6) is 1.59. The van der Waals surface area contributed by atoms with Gasteiger partial charge in [0.2, 0.25) is 0 Å². The lowest BCUT2D eigenvalue weighted by Gasteiger charge is -2.38. The second-order valence-electron chi connectivity index (χ2n) is 7.20. The third kappa shape index (κ3) is 5.07. The van der Waals surface area contributed by atoms with Crippen LogP contribution in [0.1, 0.15) is 17.9 Å². The highest BCUT2D eigenvalue weighted by atomic mass is 127. The molecule has 0 saturated carbocycles. The summed E-state index contributed by atoms with van der Waals surface area (Å²) >= 11 is 0. The molecular weight excluding hydrogens is 429 g/mol. The summed E-state index contributed by atoms with van der Waals surface area (Å²) in [5.41, 5.74) is 1.34. The van der Waals surface area contributed by atoms with Gasteiger partial charge in [-0.05, 0) is 26.1 Å². The first-order valence-electron chi connectivity index (χ1n) is 8.89. The van der Waals surface area contributed by atoms with Crippen LogP contribution in [0.15, 0.2) is 17.4 Å². The van der Waals surface area contributed by atoms with Gasteiger partial charge in [0.15, 0.2) is 5.96 Å². The molecule has 2 atom stereocenters. The van der Waals surface area contributed by atoms with Gasteiger partial charge in [-0.3, -0.25) is 14.6 Å². The molecule has 0 bridgehead atoms. The van der Waals surface area contributed by atoms with Crippen LogP contribution in [0, 0.1) is 0 Å². The van der Waals surface area contributed by atoms with Crippen LogP contribution in [0.4, 0.5) is 0 Å². The highest BCUT2D eigenvalue weighted by Gasteiger charge is 2.28. The summed E-state index contributed by atoms with van der Waals surface area (Å²) in [6, 6.07) is 0.539. The number of aliphatic imine (C=N–C) groups is 1. The van der Waals surface area contributed by atoms with Crippen LogP contribution in [0.3, 0.4) is 0 Å². The van der Waals surface area contributed by atoms with Gasteiger partial charge in [-0.2, -0.15) is 5.10 Å². The summed E-state index contributed by atoms with van der Waals surface area (Å²) in [7, 11) is 8.29. The van der Waals surface area contributed by atoms with Crippen LogP contribution in [0.25, 0.3) is 0 Å². The summed E-state index contributed by atoms with van der Waals surface area (Å²) < 4.78 is 1.89. The SMILES string of the molecule is CN=C(NCC1CN(C)CCN1C)N1CCC(c2cnn(C)c2)C1.I. The third-order valence-corrected chi connectivity index (χ3v) is 5.37. The Morgan fingerprint density at radius 2 is 2.04 bits per heavy atom. The maximum Gasteiger partial charge on any atom is 0.193 e. The fourth-order valence-corrected chi connectivity index (χ4v) is 3.74. The van der Waals surface area contributed by atoms with Gasteiger partial charge in [0, 0.05) is 71.5 Å². The lowest BCUT2D eigenvalue weighted by atomic mass is 10.0. The quantitative estimate of drug-likeness (QED) is 0.407. The minimum absolute atomic E-state index is 0. The molecule has 3 rings (SSSR count). The molecule has 25 heavy (non-hydrogen) atoms. The number of piperazine rings is 1. The highest BCUT2D eigenvalue weighted by molar-refractivity contribution is 14.0. The molecule has 1 aromatic heterocycles. The number of hydrogen-bond acceptors (Lipinski definition) is 4. The molecule has 7 nitrogen and oxygen atoms in total. The van der Waals surface area contributed by atoms with Crippen molar-refractivity contribution < 1.29 is 0 Å². The molecule has 2 aliphatic rings. The number of nitrogens with one attached hydrogen (secondary N) is 1. The Hall–Kier alpha value is -0.870. The standard InChI is InChI=1S/C17H31N7.HI/c1-18-17(19-10-16-13-21(2)7-8-22(16)3)24-6-5-14(12-24)15-9-20-23(4)11-15;/h9,11,14,16H,5-8,10,12-13H2,1-4H3,(H,18,19);1H. The van der Waals surface area contributed by atoms with Crippen LogP contribution in [-0.4, -0.2) is 96.9 Å². The van der Waals surface area contributed by atoms with Gasteiger partial charge in [0.05, 0.1) is 6.20 Å². The zero-order valence-electron chi connectivity index (χ0n) is 15.9. The number of nitrogens with zero attached hydrogens (tertiary/aromatic N) is 6. The summed E-state index contributed by atoms with van der Waals surface area (Å²) in [6.45, 7) is 6.42. The molecule has 142 valence electrons. The summed E-state index contributed by atoms with van der Waals surface area (Å²) in [4.78, 5) is 11.7. The Morgan fingerprint density at radius 1 is 1.24 bits per heavy atom. The van der Waals surface area contributed by atoms with Crippen molar-refractivity contribution in [2.24, 2.45) is 12.0 Å². The van der Waals surface area contributed by atoms with E-state index in [9.17, 15) is 0 Å². The van der Waals surface area contributed by atoms with Crippen LogP contribution in [0.5, 0.6) is 0 Å². The van der Waals surface area contributed by atoms with Crippen molar-refractivity contribution in [1.82, 2.24) is 29.8 Å². The van der Waals surface area contributed by atoms with E-state index in [1.807, 2.05) is 25.0 Å². The Balaban J connectivity index is 0.00000225. The molecule has 0 spiro atoms. The van der Waals surface area contributed by atoms with Gasteiger partial charge < -0.3 is 15.1 Å². The van der Waals surface area contributed by atoms with E-state index >= 15 is 0 Å². The highest BCUT2D eigenvalue weighted by Crippen LogP contribution is 2.26. The predicted molar refractivity (Wildman–Crippen MR) is 113 cm³/mol. The van der Waals surface area contributed by atoms with Crippen molar-refractivity contribution in [3.63, 3.8) is 0 Å². The van der Waals surface area contributed by atoms with Gasteiger partial charge in [0.1, 0.15) is 0 Å². The summed E-state index contributed by atoms with van der Waals surface area (Å²) in [6.07, 6.45) is 5.30. The Kier molecular flexibility index (Phi) is 7.51. The topological polar surface area (TPSA) is 51.9 Å². The zero-order valence-corrected chi connectivity index (χ0v) is 18.2. The fraction of sp³-hybridized carbons (Fsp3) is 0.765. The first kappa shape index (κ1) is 20.4. The number of likely N-dealkylation sites (N-methyl/N-ethyl adjacent to an activating group) is 2. The first-order valence-corrected chi connectivity index (χ1v) is 8.89. The van der Waals surface area contributed by atoms with E-state index in [2.05, 4.69) is 50.4 Å². The van der Waals surface area contributed by atoms with Gasteiger partial charge in [-0.15, -0.1) is 24.0 Å². The molecule has 2 unspecified atom stereocenters. The van der Waals surface area contributed by atoms with Crippen LogP contribution in [0.2, 0.25) is 0 Å². The number of halogens is 1. The number of aryl methyl sites for hydroxylation is 1. The second kappa shape index (κ2) is 9.18. The van der Waals surface area contributed by atoms with Crippen molar-refractivity contribution in [3.8, 4) is 0 Å². The molecule has 8 heteroatoms. The van der Waals surface area contributed by atoms with E-state index in [4.69, 9.17) is 0 Å². The molecule has 0 radical (unpaired) electrons. The molecule has 0 amide bonds. The molecule has 2 saturated heterocycles. The van der Waals surface area contributed by atoms with Crippen molar-refractivity contribution >= 4 is 29.9 Å². The van der Waals surface area contributed by atoms with Crippen LogP contribution in [-0.2, 0) is 7.05 Å². The van der Waals surface area contributed by atoms with Gasteiger partial charge in [-0.1, -0.05) is 0 Å². The Labute approximate surface area is 168 Å². The van der Waals surface area contributed by atoms with Crippen LogP contribution < -0.4 is 5.32 Å². The van der Waals surface area contributed by atoms with Gasteiger partial charge in [-0.25, -0.2) is 0 Å². The molecular formula is C17H32IN7. The predicted octanol–water partition coefficient (Wildman–Crippen LogP) is 0.649. The third-order valence-electron chi connectivity index (χ3n) is 5.37. The fourth-order valence-electron chi connectivity index (χ4n) is 3.74. The lowest BCUT2D eigenvalue weighted by Crippen LogP contribution is -2.55. The van der Waals surface area contributed by atoms with Crippen molar-refractivity contribution in [1.29, 1.82) is 0 Å². The average molecular weight is 461 g/mol. The van der Waals surface area contributed by atoms with Gasteiger partial charge >= 0.3 is 0 Å². The number of guanidine groups is 1. The van der Waals surface area contributed by atoms with Crippen LogP contribution >= 0.6 is 24.0 Å². The normalized spacial score (nSPS) is 25.9. The van der Waals surface area contributed by atoms with E-state index in [1.165, 1.54) is 12.0 Å². The smallest absolute Gasteiger partial charge is 0.193 e. The number of aromatic nitrogens is 2. The minimum atomic E-state index is 0. The largest absolute Gasteiger partial charge is 0.355 e. The number of likely N-dealkylation sites (tertiary alicyclic amines) is 1. The van der Waals surface area contributed by atoms with E-state index in [0.717, 1.165) is 45.2 Å². The van der Waals surface area contributed by atoms with Crippen molar-refractivity contribution in [2.45, 2.75) is 18.4 Å². The molecule has 0 aromatic carbocycles. The van der Waals surface area contributed by atoms with E-state index in [1.54, 1.807) is 0 Å². The summed E-state index contributed by atoms with van der Waals surface area (Å²) in [5, 5.41) is 7.90. The molecule has 1 aromatic rings. The molecule has 0 aliphatic carbocycles. The Bertz CT molecular complexity index is 573. The second-order valence-corrected chi connectivity index (χ2v) is 7.20. The minimum Gasteiger partial charge on any atom is -0.355 e. The van der Waals surface area contributed by atoms with Gasteiger partial charge in [0.25, 0.3) is 0 Å². The molecule has 2 fully saturated rings. The molecule has 3 heterocycles. The van der Waals surface area contributed by atoms with Crippen molar-refractivity contribution in [2.75, 3.05) is 60.4 Å². The maximum atomic E-state index is 4.51. The zero-order chi connectivity index (χ0) is 17.1. The van der Waals surface area contributed by atoms with E-state index in [0.29, 0.717) is 12.0 Å². The first-order chi connectivity index (χ1) is 11.6. The van der Waals surface area contributed by atoms with Crippen molar-refractivity contribution in [3.05, 3.63) is 18.0 Å². The van der Waals surface area contributed by atoms with E-state index < -0.39 is 0 Å². The van der Waals surface area contributed by atoms with E-state index in [-0.39, 0.29) is 24.0 Å². The average Bonchev–Trinajstić information content (AvgIpc) is 3.20. The molecule has 1 N–H and O–H groups in total. The number of hydrogen-bond donors (Lipinski definition) is 1. The monoisotopic (exact) mass is 461 g/mol. The lowest BCUT2D eigenvalue weighted by molar-refractivity contribution is 0.116. The molecule has 2 aliphatic heterocycles. The maximum absolute atomic E-state index is 4.51. The Morgan fingerprint density at radius 3 is 2.72 bits per heavy atom.